The smallest absolute Gasteiger partial charge is 0.397 e. The van der Waals surface area contributed by atoms with E-state index in [1.165, 1.54) is 6.07 Å². The number of rotatable bonds is 5. The molecule has 1 aromatic carbocycles. The maximum Gasteiger partial charge on any atom is 0.441 e. The molecule has 1 rings (SSSR count). The Hall–Kier alpha value is -0.640. The zero-order valence-electron chi connectivity index (χ0n) is 10.3. The molecule has 4 nitrogen and oxygen atoms in total. The van der Waals surface area contributed by atoms with Gasteiger partial charge in [0.15, 0.2) is 0 Å². The fourth-order valence-corrected chi connectivity index (χ4v) is 3.17. The maximum absolute atomic E-state index is 11.9. The lowest BCUT2D eigenvalue weighted by atomic mass is 10.2. The van der Waals surface area contributed by atoms with Crippen LogP contribution in [0.3, 0.4) is 0 Å². The molecular weight excluding hydrogens is 337 g/mol. The molecule has 0 heterocycles. The van der Waals surface area contributed by atoms with Gasteiger partial charge in [-0.3, -0.25) is 0 Å². The highest BCUT2D eigenvalue weighted by molar-refractivity contribution is 8.00. The topological polar surface area (TPSA) is 72.2 Å². The predicted octanol–water partition coefficient (Wildman–Crippen LogP) is 2.76. The molecule has 20 heavy (non-hydrogen) atoms. The Balaban J connectivity index is 2.75. The van der Waals surface area contributed by atoms with Crippen LogP contribution < -0.4 is 10.5 Å². The molecule has 0 aliphatic carbocycles. The zero-order valence-corrected chi connectivity index (χ0v) is 12.7. The van der Waals surface area contributed by atoms with Crippen LogP contribution in [0.15, 0.2) is 17.0 Å². The molecule has 0 spiro atoms. The van der Waals surface area contributed by atoms with Crippen LogP contribution in [0, 0.1) is 6.92 Å². The van der Waals surface area contributed by atoms with Crippen molar-refractivity contribution < 1.29 is 21.6 Å². The number of thioether (sulfide) groups is 1. The van der Waals surface area contributed by atoms with Crippen LogP contribution in [0.25, 0.3) is 0 Å². The standard InChI is InChI=1S/C10H12ClF3N2O2S2/c1-6-4-7(5-8(15)9(6)11)20(17,18)16-2-3-19-10(12,13)14/h4-5,16H,2-3,15H2,1H3. The van der Waals surface area contributed by atoms with Gasteiger partial charge in [-0.05, 0) is 36.4 Å². The highest BCUT2D eigenvalue weighted by Crippen LogP contribution is 2.30. The van der Waals surface area contributed by atoms with Crippen molar-refractivity contribution in [2.45, 2.75) is 17.3 Å². The van der Waals surface area contributed by atoms with Gasteiger partial charge in [-0.15, -0.1) is 0 Å². The summed E-state index contributed by atoms with van der Waals surface area (Å²) in [5.74, 6) is -0.412. The number of nitrogen functional groups attached to an aromatic ring is 1. The molecule has 10 heteroatoms. The summed E-state index contributed by atoms with van der Waals surface area (Å²) in [5.41, 5.74) is 1.73. The lowest BCUT2D eigenvalue weighted by Crippen LogP contribution is -2.27. The van der Waals surface area contributed by atoms with Crippen molar-refractivity contribution in [2.75, 3.05) is 18.0 Å². The van der Waals surface area contributed by atoms with E-state index in [9.17, 15) is 21.6 Å². The SMILES string of the molecule is Cc1cc(S(=O)(=O)NCCSC(F)(F)F)cc(N)c1Cl. The minimum atomic E-state index is -4.38. The highest BCUT2D eigenvalue weighted by atomic mass is 35.5. The molecule has 114 valence electrons. The summed E-state index contributed by atoms with van der Waals surface area (Å²) in [4.78, 5) is -0.131. The van der Waals surface area contributed by atoms with E-state index in [4.69, 9.17) is 17.3 Å². The first-order valence-corrected chi connectivity index (χ1v) is 8.13. The number of alkyl halides is 3. The van der Waals surface area contributed by atoms with E-state index in [1.54, 1.807) is 6.92 Å². The molecule has 1 aromatic rings. The highest BCUT2D eigenvalue weighted by Gasteiger charge is 2.27. The van der Waals surface area contributed by atoms with Crippen LogP contribution in [-0.2, 0) is 10.0 Å². The molecule has 0 aliphatic heterocycles. The number of halogens is 4. The van der Waals surface area contributed by atoms with Crippen LogP contribution in [0.1, 0.15) is 5.56 Å². The number of hydrogen-bond donors (Lipinski definition) is 2. The molecule has 0 bridgehead atoms. The first-order chi connectivity index (χ1) is 9.03. The number of nitrogens with two attached hydrogens (primary N) is 1. The van der Waals surface area contributed by atoms with Crippen LogP contribution in [0.5, 0.6) is 0 Å². The molecule has 0 fully saturated rings. The van der Waals surface area contributed by atoms with Gasteiger partial charge < -0.3 is 5.73 Å². The lowest BCUT2D eigenvalue weighted by molar-refractivity contribution is -0.0327. The Bertz CT molecular complexity index is 568. The van der Waals surface area contributed by atoms with Crippen molar-refractivity contribution in [1.29, 1.82) is 0 Å². The molecule has 0 saturated carbocycles. The Kier molecular flexibility index (Phi) is 5.59. The number of aryl methyl sites for hydroxylation is 1. The minimum Gasteiger partial charge on any atom is -0.397 e. The van der Waals surface area contributed by atoms with Gasteiger partial charge in [0.05, 0.1) is 15.6 Å². The van der Waals surface area contributed by atoms with Gasteiger partial charge in [0.25, 0.3) is 0 Å². The van der Waals surface area contributed by atoms with Crippen molar-refractivity contribution >= 4 is 39.1 Å². The first-order valence-electron chi connectivity index (χ1n) is 5.29. The summed E-state index contributed by atoms with van der Waals surface area (Å²) in [6.45, 7) is 1.24. The third-order valence-corrected chi connectivity index (χ3v) is 4.92. The Morgan fingerprint density at radius 1 is 1.40 bits per heavy atom. The molecule has 0 atom stereocenters. The van der Waals surface area contributed by atoms with Crippen molar-refractivity contribution in [3.63, 3.8) is 0 Å². The second-order valence-corrected chi connectivity index (χ2v) is 7.14. The molecule has 0 aliphatic rings. The van der Waals surface area contributed by atoms with Crippen molar-refractivity contribution in [2.24, 2.45) is 0 Å². The third-order valence-electron chi connectivity index (χ3n) is 2.23. The number of hydrogen-bond acceptors (Lipinski definition) is 4. The van der Waals surface area contributed by atoms with Gasteiger partial charge in [0.1, 0.15) is 0 Å². The van der Waals surface area contributed by atoms with Crippen LogP contribution in [-0.4, -0.2) is 26.2 Å². The van der Waals surface area contributed by atoms with E-state index in [1.807, 2.05) is 0 Å². The summed E-state index contributed by atoms with van der Waals surface area (Å²) in [7, 11) is -3.91. The lowest BCUT2D eigenvalue weighted by Gasteiger charge is -2.10. The summed E-state index contributed by atoms with van der Waals surface area (Å²) >= 11 is 5.51. The van der Waals surface area contributed by atoms with Crippen LogP contribution in [0.4, 0.5) is 18.9 Å². The molecule has 0 aromatic heterocycles. The first kappa shape index (κ1) is 17.4. The van der Waals surface area contributed by atoms with E-state index in [0.717, 1.165) is 6.07 Å². The quantitative estimate of drug-likeness (QED) is 0.634. The predicted molar refractivity (Wildman–Crippen MR) is 74.3 cm³/mol. The second-order valence-electron chi connectivity index (χ2n) is 3.84. The number of nitrogens with one attached hydrogen (secondary N) is 1. The summed E-state index contributed by atoms with van der Waals surface area (Å²) in [6.07, 6.45) is 0. The number of anilines is 1. The van der Waals surface area contributed by atoms with E-state index in [0.29, 0.717) is 5.56 Å². The Morgan fingerprint density at radius 3 is 2.50 bits per heavy atom. The maximum atomic E-state index is 11.9. The van der Waals surface area contributed by atoms with E-state index in [-0.39, 0.29) is 33.9 Å². The van der Waals surface area contributed by atoms with E-state index >= 15 is 0 Å². The average Bonchev–Trinajstić information content (AvgIpc) is 2.30. The average molecular weight is 349 g/mol. The van der Waals surface area contributed by atoms with Gasteiger partial charge in [-0.1, -0.05) is 11.6 Å². The summed E-state index contributed by atoms with van der Waals surface area (Å²) in [6, 6.07) is 2.46. The largest absolute Gasteiger partial charge is 0.441 e. The van der Waals surface area contributed by atoms with Crippen molar-refractivity contribution in [1.82, 2.24) is 4.72 Å². The van der Waals surface area contributed by atoms with Crippen molar-refractivity contribution in [3.05, 3.63) is 22.7 Å². The summed E-state index contributed by atoms with van der Waals surface area (Å²) in [5, 5.41) is 0.247. The molecular formula is C10H12ClF3N2O2S2. The van der Waals surface area contributed by atoms with Crippen LogP contribution in [0.2, 0.25) is 5.02 Å². The summed E-state index contributed by atoms with van der Waals surface area (Å²) < 4.78 is 61.5. The minimum absolute atomic E-state index is 0.0942. The Labute approximate surface area is 123 Å². The third kappa shape index (κ3) is 5.04. The van der Waals surface area contributed by atoms with Crippen LogP contribution >= 0.6 is 23.4 Å². The van der Waals surface area contributed by atoms with Gasteiger partial charge in [-0.2, -0.15) is 13.2 Å². The van der Waals surface area contributed by atoms with E-state index < -0.39 is 21.3 Å². The Morgan fingerprint density at radius 2 is 2.00 bits per heavy atom. The molecule has 3 N–H and O–H groups in total. The number of benzene rings is 1. The number of sulfonamides is 1. The normalized spacial score (nSPS) is 12.7. The van der Waals surface area contributed by atoms with Gasteiger partial charge in [-0.25, -0.2) is 13.1 Å². The monoisotopic (exact) mass is 348 g/mol. The molecule has 0 radical (unpaired) electrons. The second kappa shape index (κ2) is 6.42. The molecule has 0 unspecified atom stereocenters. The van der Waals surface area contributed by atoms with Gasteiger partial charge in [0.2, 0.25) is 10.0 Å². The molecule has 0 amide bonds. The fourth-order valence-electron chi connectivity index (χ4n) is 1.34. The molecule has 0 saturated heterocycles. The fraction of sp³-hybridized carbons (Fsp3) is 0.400. The van der Waals surface area contributed by atoms with Crippen molar-refractivity contribution in [3.8, 4) is 0 Å². The zero-order chi connectivity index (χ0) is 15.6. The van der Waals surface area contributed by atoms with Gasteiger partial charge in [0, 0.05) is 12.3 Å². The van der Waals surface area contributed by atoms with Gasteiger partial charge >= 0.3 is 5.51 Å². The van der Waals surface area contributed by atoms with E-state index in [2.05, 4.69) is 4.72 Å².